The molecule has 0 radical (unpaired) electrons. The zero-order chi connectivity index (χ0) is 24.5. The van der Waals surface area contributed by atoms with Crippen LogP contribution in [0.15, 0.2) is 36.4 Å². The van der Waals surface area contributed by atoms with Crippen molar-refractivity contribution in [2.24, 2.45) is 0 Å². The van der Waals surface area contributed by atoms with Gasteiger partial charge in [0.05, 0.1) is 17.7 Å². The number of ether oxygens (including phenoxy) is 2. The Morgan fingerprint density at radius 3 is 2.41 bits per heavy atom. The molecule has 34 heavy (non-hydrogen) atoms. The van der Waals surface area contributed by atoms with E-state index in [4.69, 9.17) is 9.47 Å². The van der Waals surface area contributed by atoms with E-state index in [9.17, 15) is 23.8 Å². The average Bonchev–Trinajstić information content (AvgIpc) is 3.18. The Morgan fingerprint density at radius 1 is 1.09 bits per heavy atom. The SMILES string of the molecule is CO[C@]1(C(=O)O)CC[C@@]2(CC1)OCC(C)(C)c1c2c2c(O)cccc2n1-c1ccc(F)c(F)c1. The third kappa shape index (κ3) is 3.08. The predicted molar refractivity (Wildman–Crippen MR) is 121 cm³/mol. The molecule has 2 aromatic carbocycles. The Kier molecular flexibility index (Phi) is 5.04. The van der Waals surface area contributed by atoms with Crippen molar-refractivity contribution in [1.82, 2.24) is 4.57 Å². The fraction of sp³-hybridized carbons (Fsp3) is 0.423. The van der Waals surface area contributed by atoms with Gasteiger partial charge in [-0.05, 0) is 49.9 Å². The van der Waals surface area contributed by atoms with Crippen LogP contribution >= 0.6 is 0 Å². The molecule has 0 atom stereocenters. The maximum atomic E-state index is 14.3. The van der Waals surface area contributed by atoms with Gasteiger partial charge in [-0.25, -0.2) is 13.6 Å². The number of hydrogen-bond donors (Lipinski definition) is 2. The van der Waals surface area contributed by atoms with Gasteiger partial charge in [0.2, 0.25) is 0 Å². The molecule has 1 spiro atoms. The Morgan fingerprint density at radius 2 is 1.79 bits per heavy atom. The van der Waals surface area contributed by atoms with Gasteiger partial charge in [0.25, 0.3) is 0 Å². The summed E-state index contributed by atoms with van der Waals surface area (Å²) in [6.07, 6.45) is 1.23. The molecule has 0 unspecified atom stereocenters. The second kappa shape index (κ2) is 7.52. The number of rotatable bonds is 3. The number of halogens is 2. The quantitative estimate of drug-likeness (QED) is 0.552. The minimum absolute atomic E-state index is 0.0533. The Hall–Kier alpha value is -2.97. The monoisotopic (exact) mass is 471 g/mol. The van der Waals surface area contributed by atoms with Crippen LogP contribution in [0.3, 0.4) is 0 Å². The van der Waals surface area contributed by atoms with Crippen LogP contribution < -0.4 is 0 Å². The number of nitrogens with zero attached hydrogens (tertiary/aromatic N) is 1. The molecule has 1 aliphatic carbocycles. The van der Waals surface area contributed by atoms with Crippen LogP contribution in [0.2, 0.25) is 0 Å². The number of phenolic OH excluding ortho intramolecular Hbond substituents is 1. The first-order valence-electron chi connectivity index (χ1n) is 11.3. The number of carbonyl (C=O) groups is 1. The van der Waals surface area contributed by atoms with E-state index in [2.05, 4.69) is 0 Å². The number of fused-ring (bicyclic) bond motifs is 4. The van der Waals surface area contributed by atoms with Crippen LogP contribution in [0.25, 0.3) is 16.6 Å². The molecule has 1 saturated carbocycles. The lowest BCUT2D eigenvalue weighted by Gasteiger charge is -2.49. The number of carboxylic acids is 1. The largest absolute Gasteiger partial charge is 0.507 e. The van der Waals surface area contributed by atoms with Crippen molar-refractivity contribution in [2.45, 2.75) is 56.1 Å². The van der Waals surface area contributed by atoms with Crippen molar-refractivity contribution in [1.29, 1.82) is 0 Å². The fourth-order valence-corrected chi connectivity index (χ4v) is 5.71. The summed E-state index contributed by atoms with van der Waals surface area (Å²) in [6.45, 7) is 4.35. The molecule has 2 N–H and O–H groups in total. The summed E-state index contributed by atoms with van der Waals surface area (Å²) in [5, 5.41) is 21.4. The van der Waals surface area contributed by atoms with Gasteiger partial charge in [-0.2, -0.15) is 0 Å². The molecule has 2 heterocycles. The molecule has 0 saturated heterocycles. The van der Waals surface area contributed by atoms with E-state index in [0.29, 0.717) is 36.0 Å². The van der Waals surface area contributed by atoms with Crippen molar-refractivity contribution in [3.63, 3.8) is 0 Å². The summed E-state index contributed by atoms with van der Waals surface area (Å²) in [5.74, 6) is -2.85. The summed E-state index contributed by atoms with van der Waals surface area (Å²) >= 11 is 0. The van der Waals surface area contributed by atoms with Gasteiger partial charge in [-0.3, -0.25) is 0 Å². The molecule has 0 amide bonds. The van der Waals surface area contributed by atoms with Crippen molar-refractivity contribution in [3.8, 4) is 11.4 Å². The van der Waals surface area contributed by atoms with Gasteiger partial charge in [0, 0.05) is 40.9 Å². The van der Waals surface area contributed by atoms with Crippen LogP contribution in [0, 0.1) is 11.6 Å². The second-order valence-electron chi connectivity index (χ2n) is 10.00. The van der Waals surface area contributed by atoms with Crippen molar-refractivity contribution in [3.05, 3.63) is 59.3 Å². The number of methoxy groups -OCH3 is 1. The summed E-state index contributed by atoms with van der Waals surface area (Å²) < 4.78 is 41.9. The number of aromatic hydroxyl groups is 1. The predicted octanol–water partition coefficient (Wildman–Crippen LogP) is 5.16. The van der Waals surface area contributed by atoms with Crippen molar-refractivity contribution >= 4 is 16.9 Å². The van der Waals surface area contributed by atoms with Crippen LogP contribution in [0.1, 0.15) is 50.8 Å². The summed E-state index contributed by atoms with van der Waals surface area (Å²) in [4.78, 5) is 12.0. The van der Waals surface area contributed by atoms with E-state index in [1.807, 2.05) is 24.5 Å². The summed E-state index contributed by atoms with van der Waals surface area (Å²) in [6, 6.07) is 8.89. The van der Waals surface area contributed by atoms with Gasteiger partial charge >= 0.3 is 5.97 Å². The van der Waals surface area contributed by atoms with Gasteiger partial charge in [-0.15, -0.1) is 0 Å². The topological polar surface area (TPSA) is 80.9 Å². The van der Waals surface area contributed by atoms with Crippen LogP contribution in [0.5, 0.6) is 5.75 Å². The molecule has 5 rings (SSSR count). The number of hydrogen-bond acceptors (Lipinski definition) is 4. The standard InChI is InChI=1S/C26H27F2NO5/c1-24(2)14-34-25(9-11-26(33-3,12-10-25)23(31)32)21-20-18(5-4-6-19(20)30)29(22(21)24)15-7-8-16(27)17(28)13-15/h4-8,13,30H,9-12,14H2,1-3H3,(H,31,32)/t25-,26+. The highest BCUT2D eigenvalue weighted by atomic mass is 19.2. The van der Waals surface area contributed by atoms with E-state index in [1.165, 1.54) is 13.2 Å². The van der Waals surface area contributed by atoms with Crippen molar-refractivity contribution in [2.75, 3.05) is 13.7 Å². The maximum Gasteiger partial charge on any atom is 0.335 e. The minimum Gasteiger partial charge on any atom is -0.507 e. The lowest BCUT2D eigenvalue weighted by molar-refractivity contribution is -0.182. The van der Waals surface area contributed by atoms with E-state index in [-0.39, 0.29) is 18.6 Å². The molecule has 180 valence electrons. The number of carboxylic acid groups (broad SMARTS) is 1. The first kappa shape index (κ1) is 22.8. The lowest BCUT2D eigenvalue weighted by Crippen LogP contribution is -2.52. The average molecular weight is 472 g/mol. The Bertz CT molecular complexity index is 1300. The number of phenols is 1. The molecule has 2 aliphatic rings. The Balaban J connectivity index is 1.80. The van der Waals surface area contributed by atoms with Crippen LogP contribution in [-0.2, 0) is 25.3 Å². The molecular weight excluding hydrogens is 444 g/mol. The first-order chi connectivity index (χ1) is 16.1. The van der Waals surface area contributed by atoms with Gasteiger partial charge < -0.3 is 24.3 Å². The fourth-order valence-electron chi connectivity index (χ4n) is 5.71. The highest BCUT2D eigenvalue weighted by Crippen LogP contribution is 2.56. The molecule has 1 aromatic heterocycles. The molecular formula is C26H27F2NO5. The van der Waals surface area contributed by atoms with Crippen molar-refractivity contribution < 1.29 is 33.3 Å². The third-order valence-corrected chi connectivity index (χ3v) is 7.58. The zero-order valence-corrected chi connectivity index (χ0v) is 19.3. The van der Waals surface area contributed by atoms with Gasteiger partial charge in [0.15, 0.2) is 17.2 Å². The maximum absolute atomic E-state index is 14.3. The van der Waals surface area contributed by atoms with E-state index in [0.717, 1.165) is 23.4 Å². The molecule has 1 aliphatic heterocycles. The number of benzene rings is 2. The molecule has 8 heteroatoms. The first-order valence-corrected chi connectivity index (χ1v) is 11.3. The zero-order valence-electron chi connectivity index (χ0n) is 19.3. The van der Waals surface area contributed by atoms with E-state index in [1.54, 1.807) is 12.1 Å². The summed E-state index contributed by atoms with van der Waals surface area (Å²) in [7, 11) is 1.41. The van der Waals surface area contributed by atoms with Crippen LogP contribution in [0.4, 0.5) is 8.78 Å². The second-order valence-corrected chi connectivity index (χ2v) is 10.00. The number of aliphatic carboxylic acids is 1. The number of aromatic nitrogens is 1. The van der Waals surface area contributed by atoms with E-state index < -0.39 is 34.2 Å². The smallest absolute Gasteiger partial charge is 0.335 e. The molecule has 0 bridgehead atoms. The highest BCUT2D eigenvalue weighted by molar-refractivity contribution is 5.94. The van der Waals surface area contributed by atoms with Gasteiger partial charge in [0.1, 0.15) is 5.75 Å². The van der Waals surface area contributed by atoms with E-state index >= 15 is 0 Å². The normalized spacial score (nSPS) is 26.0. The lowest BCUT2D eigenvalue weighted by atomic mass is 9.68. The molecule has 3 aromatic rings. The molecule has 1 fully saturated rings. The summed E-state index contributed by atoms with van der Waals surface area (Å²) in [5.41, 5.74) is 0.0349. The third-order valence-electron chi connectivity index (χ3n) is 7.58. The van der Waals surface area contributed by atoms with Gasteiger partial charge in [-0.1, -0.05) is 19.9 Å². The highest BCUT2D eigenvalue weighted by Gasteiger charge is 2.54. The van der Waals surface area contributed by atoms with Crippen LogP contribution in [-0.4, -0.2) is 40.1 Å². The minimum atomic E-state index is -1.29. The Labute approximate surface area is 195 Å². The molecule has 6 nitrogen and oxygen atoms in total.